The number of rotatable bonds is 12. The summed E-state index contributed by atoms with van der Waals surface area (Å²) < 4.78 is 28.4. The molecule has 3 atom stereocenters. The number of carbonyl (C=O) groups excluding carboxylic acids is 1. The number of likely N-dealkylation sites (tertiary alicyclic amines) is 1. The predicted molar refractivity (Wildman–Crippen MR) is 146 cm³/mol. The minimum atomic E-state index is -1.04. The molecule has 0 radical (unpaired) electrons. The summed E-state index contributed by atoms with van der Waals surface area (Å²) in [5.41, 5.74) is 1.40. The summed E-state index contributed by atoms with van der Waals surface area (Å²) in [7, 11) is 1.65. The van der Waals surface area contributed by atoms with Gasteiger partial charge < -0.3 is 33.7 Å². The first kappa shape index (κ1) is 30.2. The monoisotopic (exact) mass is 543 g/mol. The zero-order chi connectivity index (χ0) is 28.4. The van der Waals surface area contributed by atoms with E-state index < -0.39 is 29.9 Å². The predicted octanol–water partition coefficient (Wildman–Crippen LogP) is 5.26. The van der Waals surface area contributed by atoms with Crippen LogP contribution in [0, 0.1) is 0 Å². The van der Waals surface area contributed by atoms with Crippen LogP contribution in [0.4, 0.5) is 4.79 Å². The fraction of sp³-hybridized carbons (Fsp3) is 0.533. The van der Waals surface area contributed by atoms with E-state index in [1.807, 2.05) is 69.3 Å². The van der Waals surface area contributed by atoms with Gasteiger partial charge in [0.1, 0.15) is 17.1 Å². The van der Waals surface area contributed by atoms with Gasteiger partial charge in [-0.2, -0.15) is 0 Å². The third-order valence-electron chi connectivity index (χ3n) is 6.40. The molecule has 0 spiro atoms. The first-order valence-corrected chi connectivity index (χ1v) is 13.4. The third kappa shape index (κ3) is 9.44. The molecule has 1 aliphatic heterocycles. The van der Waals surface area contributed by atoms with Gasteiger partial charge in [0.2, 0.25) is 0 Å². The van der Waals surface area contributed by atoms with Gasteiger partial charge in [-0.25, -0.2) is 9.59 Å². The number of carbonyl (C=O) groups is 2. The molecule has 1 unspecified atom stereocenters. The van der Waals surface area contributed by atoms with Crippen molar-refractivity contribution in [1.82, 2.24) is 4.90 Å². The lowest BCUT2D eigenvalue weighted by Crippen LogP contribution is -2.49. The van der Waals surface area contributed by atoms with Crippen LogP contribution >= 0.6 is 0 Å². The molecule has 1 N–H and O–H groups in total. The molecule has 1 saturated heterocycles. The van der Waals surface area contributed by atoms with E-state index >= 15 is 0 Å². The average molecular weight is 544 g/mol. The Labute approximate surface area is 230 Å². The summed E-state index contributed by atoms with van der Waals surface area (Å²) in [5, 5.41) is 9.39. The average Bonchev–Trinajstić information content (AvgIpc) is 2.90. The third-order valence-corrected chi connectivity index (χ3v) is 6.40. The highest BCUT2D eigenvalue weighted by Gasteiger charge is 2.36. The molecule has 1 heterocycles. The standard InChI is InChI=1S/C30H41NO8/c1-21(28(32)33)38-27-19-31(29(34)39-30(2,3)4)16-15-25(27)22-11-13-24(14-12-22)37-18-8-17-36-20-23-9-6-7-10-26(23)35-5/h6-7,9-14,21,25,27H,8,15-20H2,1-5H3,(H,32,33)/t21-,25?,27-/m1/s1. The van der Waals surface area contributed by atoms with Crippen molar-refractivity contribution in [2.24, 2.45) is 0 Å². The highest BCUT2D eigenvalue weighted by molar-refractivity contribution is 5.71. The number of aliphatic carboxylic acids is 1. The molecular formula is C30H41NO8. The maximum absolute atomic E-state index is 12.6. The molecular weight excluding hydrogens is 502 g/mol. The summed E-state index contributed by atoms with van der Waals surface area (Å²) >= 11 is 0. The summed E-state index contributed by atoms with van der Waals surface area (Å²) in [5.74, 6) is 0.446. The van der Waals surface area contributed by atoms with Gasteiger partial charge in [0.15, 0.2) is 6.10 Å². The Kier molecular flexibility index (Phi) is 11.0. The number of hydrogen-bond acceptors (Lipinski definition) is 7. The topological polar surface area (TPSA) is 104 Å². The van der Waals surface area contributed by atoms with Gasteiger partial charge in [0.25, 0.3) is 0 Å². The number of benzene rings is 2. The number of carboxylic acid groups (broad SMARTS) is 1. The number of nitrogens with zero attached hydrogens (tertiary/aromatic N) is 1. The smallest absolute Gasteiger partial charge is 0.410 e. The fourth-order valence-corrected chi connectivity index (χ4v) is 4.42. The quantitative estimate of drug-likeness (QED) is 0.362. The molecule has 1 fully saturated rings. The van der Waals surface area contributed by atoms with E-state index in [-0.39, 0.29) is 12.5 Å². The van der Waals surface area contributed by atoms with Crippen molar-refractivity contribution in [3.05, 3.63) is 59.7 Å². The lowest BCUT2D eigenvalue weighted by Gasteiger charge is -2.39. The number of hydrogen-bond donors (Lipinski definition) is 1. The second-order valence-electron chi connectivity index (χ2n) is 10.6. The van der Waals surface area contributed by atoms with Crippen LogP contribution in [0.1, 0.15) is 57.6 Å². The Hall–Kier alpha value is -3.30. The highest BCUT2D eigenvalue weighted by Crippen LogP contribution is 2.33. The lowest BCUT2D eigenvalue weighted by atomic mass is 9.87. The van der Waals surface area contributed by atoms with Crippen LogP contribution in [0.25, 0.3) is 0 Å². The largest absolute Gasteiger partial charge is 0.496 e. The van der Waals surface area contributed by atoms with Crippen molar-refractivity contribution >= 4 is 12.1 Å². The normalized spacial score (nSPS) is 18.3. The number of carboxylic acids is 1. The minimum absolute atomic E-state index is 0.0667. The SMILES string of the molecule is COc1ccccc1COCCCOc1ccc(C2CCN(C(=O)OC(C)(C)C)C[C@H]2O[C@H](C)C(=O)O)cc1. The van der Waals surface area contributed by atoms with E-state index in [4.69, 9.17) is 23.7 Å². The second-order valence-corrected chi connectivity index (χ2v) is 10.6. The van der Waals surface area contributed by atoms with Crippen LogP contribution in [0.5, 0.6) is 11.5 Å². The minimum Gasteiger partial charge on any atom is -0.496 e. The number of para-hydroxylation sites is 1. The van der Waals surface area contributed by atoms with Gasteiger partial charge in [-0.3, -0.25) is 0 Å². The van der Waals surface area contributed by atoms with Gasteiger partial charge in [-0.05, 0) is 57.9 Å². The number of piperidine rings is 1. The van der Waals surface area contributed by atoms with E-state index in [9.17, 15) is 14.7 Å². The highest BCUT2D eigenvalue weighted by atomic mass is 16.6. The number of methoxy groups -OCH3 is 1. The maximum atomic E-state index is 12.6. The molecule has 1 aliphatic rings. The maximum Gasteiger partial charge on any atom is 0.410 e. The van der Waals surface area contributed by atoms with Crippen molar-refractivity contribution in [2.45, 2.75) is 70.9 Å². The van der Waals surface area contributed by atoms with E-state index in [0.717, 1.165) is 29.0 Å². The Morgan fingerprint density at radius 3 is 2.46 bits per heavy atom. The van der Waals surface area contributed by atoms with Crippen LogP contribution in [0.2, 0.25) is 0 Å². The van der Waals surface area contributed by atoms with Crippen LogP contribution in [-0.2, 0) is 25.6 Å². The van der Waals surface area contributed by atoms with Crippen LogP contribution in [-0.4, -0.2) is 73.3 Å². The van der Waals surface area contributed by atoms with Gasteiger partial charge >= 0.3 is 12.1 Å². The molecule has 0 saturated carbocycles. The number of ether oxygens (including phenoxy) is 5. The Bertz CT molecular complexity index is 1070. The van der Waals surface area contributed by atoms with Crippen molar-refractivity contribution < 1.29 is 38.4 Å². The van der Waals surface area contributed by atoms with Gasteiger partial charge in [-0.1, -0.05) is 30.3 Å². The molecule has 0 aromatic heterocycles. The zero-order valence-electron chi connectivity index (χ0n) is 23.6. The first-order valence-electron chi connectivity index (χ1n) is 13.4. The van der Waals surface area contributed by atoms with Gasteiger partial charge in [0.05, 0.1) is 39.6 Å². The first-order chi connectivity index (χ1) is 18.6. The van der Waals surface area contributed by atoms with E-state index in [1.165, 1.54) is 6.92 Å². The van der Waals surface area contributed by atoms with E-state index in [2.05, 4.69) is 0 Å². The molecule has 9 nitrogen and oxygen atoms in total. The molecule has 3 rings (SSSR count). The summed E-state index contributed by atoms with van der Waals surface area (Å²) in [6, 6.07) is 15.5. The Morgan fingerprint density at radius 2 is 1.79 bits per heavy atom. The van der Waals surface area contributed by atoms with Crippen LogP contribution in [0.15, 0.2) is 48.5 Å². The van der Waals surface area contributed by atoms with E-state index in [0.29, 0.717) is 32.8 Å². The Balaban J connectivity index is 1.52. The second kappa shape index (κ2) is 14.2. The molecule has 0 aliphatic carbocycles. The number of amides is 1. The molecule has 9 heteroatoms. The molecule has 2 aromatic rings. The zero-order valence-corrected chi connectivity index (χ0v) is 23.6. The van der Waals surface area contributed by atoms with Crippen LogP contribution in [0.3, 0.4) is 0 Å². The van der Waals surface area contributed by atoms with Gasteiger partial charge in [-0.15, -0.1) is 0 Å². The lowest BCUT2D eigenvalue weighted by molar-refractivity contribution is -0.155. The van der Waals surface area contributed by atoms with Gasteiger partial charge in [0, 0.05) is 24.4 Å². The van der Waals surface area contributed by atoms with Crippen molar-refractivity contribution in [2.75, 3.05) is 33.4 Å². The fourth-order valence-electron chi connectivity index (χ4n) is 4.42. The Morgan fingerprint density at radius 1 is 1.08 bits per heavy atom. The summed E-state index contributed by atoms with van der Waals surface area (Å²) in [6.45, 7) is 9.26. The summed E-state index contributed by atoms with van der Waals surface area (Å²) in [6.07, 6.45) is -0.537. The van der Waals surface area contributed by atoms with Crippen LogP contribution < -0.4 is 9.47 Å². The van der Waals surface area contributed by atoms with Crippen molar-refractivity contribution in [3.63, 3.8) is 0 Å². The summed E-state index contributed by atoms with van der Waals surface area (Å²) in [4.78, 5) is 25.7. The van der Waals surface area contributed by atoms with Crippen molar-refractivity contribution in [3.8, 4) is 11.5 Å². The molecule has 2 aromatic carbocycles. The van der Waals surface area contributed by atoms with E-state index in [1.54, 1.807) is 12.0 Å². The molecule has 214 valence electrons. The molecule has 1 amide bonds. The molecule has 39 heavy (non-hydrogen) atoms. The van der Waals surface area contributed by atoms with Crippen molar-refractivity contribution in [1.29, 1.82) is 0 Å². The molecule has 0 bridgehead atoms.